The Balaban J connectivity index is 2.24. The van der Waals surface area contributed by atoms with E-state index >= 15 is 0 Å². The summed E-state index contributed by atoms with van der Waals surface area (Å²) in [6, 6.07) is 8.59. The molecule has 1 aliphatic heterocycles. The van der Waals surface area contributed by atoms with Gasteiger partial charge < -0.3 is 15.2 Å². The van der Waals surface area contributed by atoms with Gasteiger partial charge in [0.1, 0.15) is 0 Å². The van der Waals surface area contributed by atoms with E-state index in [4.69, 9.17) is 0 Å². The van der Waals surface area contributed by atoms with Gasteiger partial charge in [-0.2, -0.15) is 0 Å². The van der Waals surface area contributed by atoms with Crippen molar-refractivity contribution in [3.63, 3.8) is 0 Å². The molecule has 0 bridgehead atoms. The minimum atomic E-state index is 0.215. The van der Waals surface area contributed by atoms with E-state index in [0.29, 0.717) is 0 Å². The summed E-state index contributed by atoms with van der Waals surface area (Å²) in [7, 11) is 1.92. The summed E-state index contributed by atoms with van der Waals surface area (Å²) in [6.07, 6.45) is 14.9. The second kappa shape index (κ2) is 10.2. The van der Waals surface area contributed by atoms with Crippen LogP contribution in [0.25, 0.3) is 16.5 Å². The fraction of sp³-hybridized carbons (Fsp3) is 0.286. The van der Waals surface area contributed by atoms with E-state index in [1.54, 1.807) is 0 Å². The molecular weight excluding hydrogens is 378 g/mol. The van der Waals surface area contributed by atoms with Gasteiger partial charge in [0, 0.05) is 47.2 Å². The third-order valence-electron chi connectivity index (χ3n) is 6.05. The third-order valence-corrected chi connectivity index (χ3v) is 6.05. The van der Waals surface area contributed by atoms with E-state index < -0.39 is 0 Å². The van der Waals surface area contributed by atoms with Crippen molar-refractivity contribution in [1.29, 1.82) is 0 Å². The van der Waals surface area contributed by atoms with Crippen molar-refractivity contribution in [3.05, 3.63) is 103 Å². The number of likely N-dealkylation sites (N-methyl/N-ethyl adjacent to an activating group) is 1. The first-order valence-electron chi connectivity index (χ1n) is 11.2. The molecule has 3 heteroatoms. The first-order valence-corrected chi connectivity index (χ1v) is 11.2. The zero-order chi connectivity index (χ0) is 22.4. The number of fused-ring (bicyclic) bond motifs is 1. The van der Waals surface area contributed by atoms with Gasteiger partial charge in [-0.15, -0.1) is 6.58 Å². The van der Waals surface area contributed by atoms with Crippen LogP contribution in [-0.2, 0) is 0 Å². The Labute approximate surface area is 187 Å². The molecule has 0 radical (unpaired) electrons. The number of rotatable bonds is 10. The van der Waals surface area contributed by atoms with E-state index in [1.165, 1.54) is 29.4 Å². The number of hydrogen-bond acceptors (Lipinski definition) is 2. The first kappa shape index (κ1) is 22.5. The van der Waals surface area contributed by atoms with Crippen molar-refractivity contribution >= 4 is 16.5 Å². The summed E-state index contributed by atoms with van der Waals surface area (Å²) < 4.78 is 0. The standard InChI is InChI=1S/C28H35N3/c1-7-11-15-21-19-31(27(14-8-2)22(21)9-3)26(10-4)28(20(5)29-6)24-18-30-25-17-13-12-16-23(24)25/h8-10,12-13,16-19,27,29-30H,2,4-5,7,11,14-15H2,1,3,6H3/b22-9-,28-26-. The van der Waals surface area contributed by atoms with Crippen LogP contribution >= 0.6 is 0 Å². The largest absolute Gasteiger partial charge is 0.388 e. The second-order valence-electron chi connectivity index (χ2n) is 7.89. The number of nitrogens with one attached hydrogen (secondary N) is 2. The zero-order valence-corrected chi connectivity index (χ0v) is 19.2. The van der Waals surface area contributed by atoms with Crippen LogP contribution in [0.15, 0.2) is 97.2 Å². The Hall–Kier alpha value is -3.20. The molecule has 0 amide bonds. The number of nitrogens with zero attached hydrogens (tertiary/aromatic N) is 1. The summed E-state index contributed by atoms with van der Waals surface area (Å²) >= 11 is 0. The van der Waals surface area contributed by atoms with Crippen LogP contribution in [0.2, 0.25) is 0 Å². The highest BCUT2D eigenvalue weighted by Gasteiger charge is 2.31. The normalized spacial score (nSPS) is 18.2. The molecule has 2 heterocycles. The highest BCUT2D eigenvalue weighted by atomic mass is 15.2. The SMILES string of the molecule is C=CCC1/C(=C\C)C(CCCC)=CN1/C(C=C)=C(/C(=C)NC)c1c[nH]c2ccccc12. The molecule has 1 atom stereocenters. The van der Waals surface area contributed by atoms with E-state index in [2.05, 4.69) is 91.5 Å². The molecular formula is C28H35N3. The maximum Gasteiger partial charge on any atom is 0.0620 e. The molecule has 0 fully saturated rings. The molecule has 3 nitrogen and oxygen atoms in total. The fourth-order valence-corrected chi connectivity index (χ4v) is 4.48. The van der Waals surface area contributed by atoms with Crippen LogP contribution in [0.1, 0.15) is 45.1 Å². The van der Waals surface area contributed by atoms with Gasteiger partial charge in [0.05, 0.1) is 11.7 Å². The Kier molecular flexibility index (Phi) is 7.41. The summed E-state index contributed by atoms with van der Waals surface area (Å²) in [5.74, 6) is 0. The monoisotopic (exact) mass is 413 g/mol. The number of aromatic amines is 1. The Morgan fingerprint density at radius 1 is 1.26 bits per heavy atom. The second-order valence-corrected chi connectivity index (χ2v) is 7.89. The molecule has 162 valence electrons. The molecule has 31 heavy (non-hydrogen) atoms. The Morgan fingerprint density at radius 3 is 2.68 bits per heavy atom. The number of H-pyrrole nitrogens is 1. The third kappa shape index (κ3) is 4.32. The lowest BCUT2D eigenvalue weighted by Crippen LogP contribution is -2.28. The van der Waals surface area contributed by atoms with Crippen LogP contribution in [-0.4, -0.2) is 23.0 Å². The fourth-order valence-electron chi connectivity index (χ4n) is 4.48. The Morgan fingerprint density at radius 2 is 2.03 bits per heavy atom. The molecule has 1 aromatic heterocycles. The quantitative estimate of drug-likeness (QED) is 0.322. The van der Waals surface area contributed by atoms with Crippen LogP contribution in [0.5, 0.6) is 0 Å². The molecule has 0 aliphatic carbocycles. The molecule has 3 rings (SSSR count). The van der Waals surface area contributed by atoms with Crippen LogP contribution in [0.3, 0.4) is 0 Å². The van der Waals surface area contributed by atoms with Gasteiger partial charge in [0.15, 0.2) is 0 Å². The van der Waals surface area contributed by atoms with Crippen LogP contribution in [0.4, 0.5) is 0 Å². The maximum atomic E-state index is 4.34. The van der Waals surface area contributed by atoms with Crippen molar-refractivity contribution < 1.29 is 0 Å². The molecule has 2 N–H and O–H groups in total. The Bertz CT molecular complexity index is 1060. The lowest BCUT2D eigenvalue weighted by Gasteiger charge is -2.29. The smallest absolute Gasteiger partial charge is 0.0620 e. The number of benzene rings is 1. The highest BCUT2D eigenvalue weighted by molar-refractivity contribution is 5.97. The van der Waals surface area contributed by atoms with Gasteiger partial charge in [-0.05, 0) is 49.5 Å². The van der Waals surface area contributed by atoms with E-state index in [1.807, 2.05) is 19.2 Å². The average Bonchev–Trinajstić information content (AvgIpc) is 3.37. The minimum Gasteiger partial charge on any atom is -0.388 e. The lowest BCUT2D eigenvalue weighted by atomic mass is 9.95. The van der Waals surface area contributed by atoms with Gasteiger partial charge in [0.25, 0.3) is 0 Å². The van der Waals surface area contributed by atoms with Crippen molar-refractivity contribution in [1.82, 2.24) is 15.2 Å². The van der Waals surface area contributed by atoms with Crippen molar-refractivity contribution in [2.45, 2.75) is 45.6 Å². The van der Waals surface area contributed by atoms with Crippen LogP contribution in [0, 0.1) is 0 Å². The molecule has 1 aromatic carbocycles. The van der Waals surface area contributed by atoms with Gasteiger partial charge in [-0.3, -0.25) is 0 Å². The zero-order valence-electron chi connectivity index (χ0n) is 19.2. The van der Waals surface area contributed by atoms with E-state index in [-0.39, 0.29) is 6.04 Å². The number of unbranched alkanes of at least 4 members (excludes halogenated alkanes) is 1. The van der Waals surface area contributed by atoms with Crippen molar-refractivity contribution in [2.75, 3.05) is 7.05 Å². The summed E-state index contributed by atoms with van der Waals surface area (Å²) in [5, 5.41) is 4.45. The van der Waals surface area contributed by atoms with Crippen molar-refractivity contribution in [2.24, 2.45) is 0 Å². The van der Waals surface area contributed by atoms with E-state index in [0.717, 1.165) is 40.9 Å². The van der Waals surface area contributed by atoms with Crippen molar-refractivity contribution in [3.8, 4) is 0 Å². The van der Waals surface area contributed by atoms with Crippen LogP contribution < -0.4 is 5.32 Å². The van der Waals surface area contributed by atoms with Gasteiger partial charge in [-0.25, -0.2) is 0 Å². The predicted molar refractivity (Wildman–Crippen MR) is 135 cm³/mol. The van der Waals surface area contributed by atoms with E-state index in [9.17, 15) is 0 Å². The minimum absolute atomic E-state index is 0.215. The summed E-state index contributed by atoms with van der Waals surface area (Å²) in [4.78, 5) is 5.78. The molecule has 0 saturated heterocycles. The number of para-hydroxylation sites is 1. The molecule has 2 aromatic rings. The lowest BCUT2D eigenvalue weighted by molar-refractivity contribution is 0.417. The highest BCUT2D eigenvalue weighted by Crippen LogP contribution is 2.40. The first-order chi connectivity index (χ1) is 15.1. The topological polar surface area (TPSA) is 31.1 Å². The summed E-state index contributed by atoms with van der Waals surface area (Å²) in [6.45, 7) is 17.0. The molecule has 1 aliphatic rings. The van der Waals surface area contributed by atoms with Gasteiger partial charge in [0.2, 0.25) is 0 Å². The van der Waals surface area contributed by atoms with Gasteiger partial charge in [-0.1, -0.05) is 56.9 Å². The number of hydrogen-bond donors (Lipinski definition) is 2. The number of allylic oxidation sites excluding steroid dienone is 3. The average molecular weight is 414 g/mol. The number of aromatic nitrogens is 1. The molecule has 0 saturated carbocycles. The molecule has 1 unspecified atom stereocenters. The summed E-state index contributed by atoms with van der Waals surface area (Å²) in [5.41, 5.74) is 8.02. The van der Waals surface area contributed by atoms with Gasteiger partial charge >= 0.3 is 0 Å². The molecule has 0 spiro atoms. The predicted octanol–water partition coefficient (Wildman–Crippen LogP) is 7.08. The maximum absolute atomic E-state index is 4.34.